The molecule has 0 aliphatic heterocycles. The van der Waals surface area contributed by atoms with Gasteiger partial charge in [0.15, 0.2) is 5.76 Å². The molecule has 0 atom stereocenters. The number of benzene rings is 1. The molecule has 4 rings (SSSR count). The van der Waals surface area contributed by atoms with E-state index >= 15 is 0 Å². The van der Waals surface area contributed by atoms with Crippen molar-refractivity contribution in [1.29, 1.82) is 0 Å². The molecule has 1 aromatic carbocycles. The molecule has 8 heteroatoms. The zero-order chi connectivity index (χ0) is 16.7. The number of nitrogens with one attached hydrogen (secondary N) is 1. The number of amides is 1. The largest absolute Gasteiger partial charge is 0.356 e. The monoisotopic (exact) mass is 360 g/mol. The van der Waals surface area contributed by atoms with Gasteiger partial charge in [-0.1, -0.05) is 28.1 Å². The second kappa shape index (κ2) is 5.68. The molecular weight excluding hydrogens is 348 g/mol. The van der Waals surface area contributed by atoms with E-state index in [1.165, 1.54) is 11.3 Å². The molecule has 1 N–H and O–H groups in total. The number of carbonyl (C=O) groups excluding carboxylic acids is 1. The fourth-order valence-electron chi connectivity index (χ4n) is 2.54. The van der Waals surface area contributed by atoms with Crippen molar-refractivity contribution in [2.75, 3.05) is 5.32 Å². The third-order valence-electron chi connectivity index (χ3n) is 4.06. The van der Waals surface area contributed by atoms with Crippen LogP contribution in [0.3, 0.4) is 0 Å². The van der Waals surface area contributed by atoms with E-state index in [9.17, 15) is 4.79 Å². The molecule has 2 aromatic heterocycles. The molecule has 0 radical (unpaired) electrons. The van der Waals surface area contributed by atoms with Gasteiger partial charge in [-0.05, 0) is 44.0 Å². The predicted molar refractivity (Wildman–Crippen MR) is 91.1 cm³/mol. The number of aryl methyl sites for hydroxylation is 1. The zero-order valence-corrected chi connectivity index (χ0v) is 14.3. The van der Waals surface area contributed by atoms with Crippen LogP contribution in [0.4, 0.5) is 5.13 Å². The van der Waals surface area contributed by atoms with E-state index in [0.717, 1.165) is 23.4 Å². The smallest absolute Gasteiger partial charge is 0.238 e. The SMILES string of the molecule is Cc1nnc(NC(=O)C2(c3cc(-c4ccc(Cl)cc4)on3)CC2)s1. The van der Waals surface area contributed by atoms with E-state index in [0.29, 0.717) is 21.6 Å². The highest BCUT2D eigenvalue weighted by Gasteiger charge is 2.54. The van der Waals surface area contributed by atoms with Gasteiger partial charge < -0.3 is 4.52 Å². The van der Waals surface area contributed by atoms with Gasteiger partial charge in [0.2, 0.25) is 11.0 Å². The van der Waals surface area contributed by atoms with Gasteiger partial charge in [-0.2, -0.15) is 0 Å². The van der Waals surface area contributed by atoms with Crippen LogP contribution in [0.1, 0.15) is 23.5 Å². The maximum absolute atomic E-state index is 12.6. The van der Waals surface area contributed by atoms with Crippen LogP contribution in [0.15, 0.2) is 34.9 Å². The van der Waals surface area contributed by atoms with E-state index in [1.54, 1.807) is 12.1 Å². The van der Waals surface area contributed by atoms with Crippen molar-refractivity contribution in [3.05, 3.63) is 46.1 Å². The summed E-state index contributed by atoms with van der Waals surface area (Å²) >= 11 is 7.25. The van der Waals surface area contributed by atoms with Gasteiger partial charge in [0.05, 0.1) is 11.1 Å². The molecule has 122 valence electrons. The number of carbonyl (C=O) groups is 1. The molecule has 1 aliphatic carbocycles. The van der Waals surface area contributed by atoms with Crippen molar-refractivity contribution in [2.45, 2.75) is 25.2 Å². The Kier molecular flexibility index (Phi) is 3.62. The van der Waals surface area contributed by atoms with Gasteiger partial charge in [0.1, 0.15) is 5.01 Å². The van der Waals surface area contributed by atoms with Gasteiger partial charge in [-0.15, -0.1) is 10.2 Å². The Morgan fingerprint density at radius 2 is 2.04 bits per heavy atom. The molecule has 0 unspecified atom stereocenters. The van der Waals surface area contributed by atoms with Gasteiger partial charge in [-0.25, -0.2) is 0 Å². The van der Waals surface area contributed by atoms with Crippen LogP contribution in [-0.2, 0) is 10.2 Å². The number of halogens is 1. The van der Waals surface area contributed by atoms with Gasteiger partial charge >= 0.3 is 0 Å². The minimum atomic E-state index is -0.631. The Morgan fingerprint density at radius 3 is 2.67 bits per heavy atom. The zero-order valence-electron chi connectivity index (χ0n) is 12.7. The summed E-state index contributed by atoms with van der Waals surface area (Å²) in [6.45, 7) is 1.84. The van der Waals surface area contributed by atoms with Crippen LogP contribution >= 0.6 is 22.9 Å². The summed E-state index contributed by atoms with van der Waals surface area (Å²) in [7, 11) is 0. The summed E-state index contributed by atoms with van der Waals surface area (Å²) in [5.74, 6) is 0.502. The van der Waals surface area contributed by atoms with Crippen molar-refractivity contribution in [3.8, 4) is 11.3 Å². The van der Waals surface area contributed by atoms with Gasteiger partial charge in [0, 0.05) is 16.7 Å². The normalized spacial score (nSPS) is 15.2. The van der Waals surface area contributed by atoms with Crippen molar-refractivity contribution < 1.29 is 9.32 Å². The minimum Gasteiger partial charge on any atom is -0.356 e. The fraction of sp³-hybridized carbons (Fsp3) is 0.250. The lowest BCUT2D eigenvalue weighted by molar-refractivity contribution is -0.118. The number of nitrogens with zero attached hydrogens (tertiary/aromatic N) is 3. The maximum atomic E-state index is 12.6. The Bertz CT molecular complexity index is 899. The Balaban J connectivity index is 1.57. The first-order valence-electron chi connectivity index (χ1n) is 7.41. The second-order valence-corrected chi connectivity index (χ2v) is 7.36. The molecule has 1 amide bonds. The third kappa shape index (κ3) is 2.70. The first kappa shape index (κ1) is 15.3. The van der Waals surface area contributed by atoms with E-state index in [-0.39, 0.29) is 5.91 Å². The Morgan fingerprint density at radius 1 is 1.29 bits per heavy atom. The molecule has 24 heavy (non-hydrogen) atoms. The van der Waals surface area contributed by atoms with Crippen LogP contribution in [0.2, 0.25) is 5.02 Å². The van der Waals surface area contributed by atoms with Crippen LogP contribution in [-0.4, -0.2) is 21.3 Å². The molecule has 0 bridgehead atoms. The highest BCUT2D eigenvalue weighted by atomic mass is 35.5. The van der Waals surface area contributed by atoms with E-state index in [2.05, 4.69) is 20.7 Å². The summed E-state index contributed by atoms with van der Waals surface area (Å²) < 4.78 is 5.42. The van der Waals surface area contributed by atoms with Crippen molar-refractivity contribution >= 4 is 34.0 Å². The molecule has 0 saturated heterocycles. The molecule has 0 spiro atoms. The van der Waals surface area contributed by atoms with Gasteiger partial charge in [-0.3, -0.25) is 10.1 Å². The highest BCUT2D eigenvalue weighted by molar-refractivity contribution is 7.15. The first-order chi connectivity index (χ1) is 11.6. The lowest BCUT2D eigenvalue weighted by atomic mass is 10.0. The maximum Gasteiger partial charge on any atom is 0.238 e. The van der Waals surface area contributed by atoms with Crippen molar-refractivity contribution in [2.24, 2.45) is 0 Å². The van der Waals surface area contributed by atoms with E-state index in [1.807, 2.05) is 25.1 Å². The van der Waals surface area contributed by atoms with Crippen molar-refractivity contribution in [3.63, 3.8) is 0 Å². The first-order valence-corrected chi connectivity index (χ1v) is 8.61. The third-order valence-corrected chi connectivity index (χ3v) is 5.07. The van der Waals surface area contributed by atoms with Crippen LogP contribution in [0.25, 0.3) is 11.3 Å². The Labute approximate surface area is 146 Å². The second-order valence-electron chi connectivity index (χ2n) is 5.75. The van der Waals surface area contributed by atoms with Crippen molar-refractivity contribution in [1.82, 2.24) is 15.4 Å². The molecule has 2 heterocycles. The molecule has 1 fully saturated rings. The minimum absolute atomic E-state index is 0.116. The molecular formula is C16H13ClN4O2S. The quantitative estimate of drug-likeness (QED) is 0.764. The molecule has 1 aliphatic rings. The van der Waals surface area contributed by atoms with Crippen LogP contribution < -0.4 is 5.32 Å². The molecule has 6 nitrogen and oxygen atoms in total. The highest BCUT2D eigenvalue weighted by Crippen LogP contribution is 2.49. The number of anilines is 1. The number of hydrogen-bond donors (Lipinski definition) is 1. The standard InChI is InChI=1S/C16H13ClN4O2S/c1-9-19-20-15(24-9)18-14(22)16(6-7-16)13-8-12(23-21-13)10-2-4-11(17)5-3-10/h2-5,8H,6-7H2,1H3,(H,18,20,22). The van der Waals surface area contributed by atoms with Crippen LogP contribution in [0, 0.1) is 6.92 Å². The number of rotatable bonds is 4. The molecule has 3 aromatic rings. The summed E-state index contributed by atoms with van der Waals surface area (Å²) in [6.07, 6.45) is 1.48. The predicted octanol–water partition coefficient (Wildman–Crippen LogP) is 3.83. The summed E-state index contributed by atoms with van der Waals surface area (Å²) in [5, 5.41) is 16.7. The van der Waals surface area contributed by atoms with E-state index in [4.69, 9.17) is 16.1 Å². The number of hydrogen-bond acceptors (Lipinski definition) is 6. The fourth-order valence-corrected chi connectivity index (χ4v) is 3.25. The topological polar surface area (TPSA) is 80.9 Å². The average Bonchev–Trinajstić information content (AvgIpc) is 3.05. The lowest BCUT2D eigenvalue weighted by Gasteiger charge is -2.09. The summed E-state index contributed by atoms with van der Waals surface area (Å²) in [4.78, 5) is 12.6. The Hall–Kier alpha value is -2.25. The van der Waals surface area contributed by atoms with Crippen LogP contribution in [0.5, 0.6) is 0 Å². The summed E-state index contributed by atoms with van der Waals surface area (Å²) in [6, 6.07) is 9.11. The molecule has 1 saturated carbocycles. The van der Waals surface area contributed by atoms with E-state index < -0.39 is 5.41 Å². The van der Waals surface area contributed by atoms with Gasteiger partial charge in [0.25, 0.3) is 0 Å². The summed E-state index contributed by atoms with van der Waals surface area (Å²) in [5.41, 5.74) is 0.883. The number of aromatic nitrogens is 3. The lowest BCUT2D eigenvalue weighted by Crippen LogP contribution is -2.28. The average molecular weight is 361 g/mol.